The summed E-state index contributed by atoms with van der Waals surface area (Å²) in [5.41, 5.74) is 5.21. The predicted octanol–water partition coefficient (Wildman–Crippen LogP) is 6.94. The van der Waals surface area contributed by atoms with Crippen molar-refractivity contribution in [3.8, 4) is 0 Å². The first-order valence-corrected chi connectivity index (χ1v) is 10.1. The molecule has 26 heavy (non-hydrogen) atoms. The van der Waals surface area contributed by atoms with E-state index >= 15 is 0 Å². The number of aromatic nitrogens is 1. The highest BCUT2D eigenvalue weighted by atomic mass is 35.5. The lowest BCUT2D eigenvalue weighted by atomic mass is 10.2. The number of hydrogen-bond donors (Lipinski definition) is 0. The molecule has 4 aromatic rings. The SMILES string of the molecule is Cc1cccc(CSc2cn(Cc3ccc(Cl)cc3)c3ccccc23)c1. The topological polar surface area (TPSA) is 4.93 Å². The maximum atomic E-state index is 6.01. The third-order valence-corrected chi connectivity index (χ3v) is 5.86. The summed E-state index contributed by atoms with van der Waals surface area (Å²) in [7, 11) is 0. The number of hydrogen-bond acceptors (Lipinski definition) is 1. The van der Waals surface area contributed by atoms with Crippen LogP contribution in [-0.2, 0) is 12.3 Å². The summed E-state index contributed by atoms with van der Waals surface area (Å²) in [6.45, 7) is 2.99. The molecule has 3 heteroatoms. The number of benzene rings is 3. The van der Waals surface area contributed by atoms with Gasteiger partial charge in [0, 0.05) is 39.3 Å². The monoisotopic (exact) mass is 377 g/mol. The first kappa shape index (κ1) is 17.3. The van der Waals surface area contributed by atoms with Crippen molar-refractivity contribution in [3.05, 3.63) is 101 Å². The Labute approximate surface area is 163 Å². The Balaban J connectivity index is 1.62. The molecule has 0 fully saturated rings. The lowest BCUT2D eigenvalue weighted by Crippen LogP contribution is -1.97. The Morgan fingerprint density at radius 1 is 0.885 bits per heavy atom. The van der Waals surface area contributed by atoms with E-state index in [1.54, 1.807) is 0 Å². The minimum Gasteiger partial charge on any atom is -0.342 e. The third-order valence-electron chi connectivity index (χ3n) is 4.50. The second kappa shape index (κ2) is 7.61. The molecule has 0 radical (unpaired) electrons. The van der Waals surface area contributed by atoms with Crippen molar-refractivity contribution in [3.63, 3.8) is 0 Å². The van der Waals surface area contributed by atoms with E-state index in [-0.39, 0.29) is 0 Å². The van der Waals surface area contributed by atoms with Crippen molar-refractivity contribution in [1.82, 2.24) is 4.57 Å². The molecule has 0 saturated carbocycles. The second-order valence-corrected chi connectivity index (χ2v) is 8.00. The molecule has 0 bridgehead atoms. The highest BCUT2D eigenvalue weighted by Gasteiger charge is 2.09. The molecular formula is C23H20ClNS. The fourth-order valence-corrected chi connectivity index (χ4v) is 4.37. The molecule has 0 unspecified atom stereocenters. The zero-order valence-electron chi connectivity index (χ0n) is 14.7. The van der Waals surface area contributed by atoms with Crippen molar-refractivity contribution in [2.24, 2.45) is 0 Å². The number of nitrogens with zero attached hydrogens (tertiary/aromatic N) is 1. The standard InChI is InChI=1S/C23H20ClNS/c1-17-5-4-6-19(13-17)16-26-23-15-25(22-8-3-2-7-21(22)23)14-18-9-11-20(24)12-10-18/h2-13,15H,14,16H2,1H3. The molecular weight excluding hydrogens is 358 g/mol. The molecule has 0 aliphatic carbocycles. The summed E-state index contributed by atoms with van der Waals surface area (Å²) >= 11 is 7.92. The van der Waals surface area contributed by atoms with E-state index in [9.17, 15) is 0 Å². The molecule has 130 valence electrons. The fourth-order valence-electron chi connectivity index (χ4n) is 3.21. The average molecular weight is 378 g/mol. The van der Waals surface area contributed by atoms with E-state index in [1.807, 2.05) is 23.9 Å². The van der Waals surface area contributed by atoms with E-state index in [4.69, 9.17) is 11.6 Å². The van der Waals surface area contributed by atoms with Crippen LogP contribution in [0, 0.1) is 6.92 Å². The van der Waals surface area contributed by atoms with E-state index < -0.39 is 0 Å². The molecule has 0 spiro atoms. The van der Waals surface area contributed by atoms with Gasteiger partial charge < -0.3 is 4.57 Å². The highest BCUT2D eigenvalue weighted by Crippen LogP contribution is 2.32. The van der Waals surface area contributed by atoms with Crippen LogP contribution in [0.25, 0.3) is 10.9 Å². The molecule has 0 aliphatic rings. The predicted molar refractivity (Wildman–Crippen MR) is 113 cm³/mol. The van der Waals surface area contributed by atoms with Crippen molar-refractivity contribution >= 4 is 34.3 Å². The fraction of sp³-hybridized carbons (Fsp3) is 0.130. The zero-order chi connectivity index (χ0) is 17.9. The molecule has 3 aromatic carbocycles. The first-order valence-electron chi connectivity index (χ1n) is 8.70. The Hall–Kier alpha value is -2.16. The van der Waals surface area contributed by atoms with Crippen LogP contribution in [-0.4, -0.2) is 4.57 Å². The second-order valence-electron chi connectivity index (χ2n) is 6.54. The van der Waals surface area contributed by atoms with Gasteiger partial charge in [-0.1, -0.05) is 71.8 Å². The van der Waals surface area contributed by atoms with Crippen LogP contribution in [0.3, 0.4) is 0 Å². The van der Waals surface area contributed by atoms with Gasteiger partial charge in [0.15, 0.2) is 0 Å². The maximum Gasteiger partial charge on any atom is 0.0495 e. The van der Waals surface area contributed by atoms with Crippen LogP contribution in [0.5, 0.6) is 0 Å². The molecule has 0 aliphatic heterocycles. The van der Waals surface area contributed by atoms with Crippen molar-refractivity contribution in [2.45, 2.75) is 24.1 Å². The minimum atomic E-state index is 0.778. The Morgan fingerprint density at radius 3 is 2.50 bits per heavy atom. The van der Waals surface area contributed by atoms with E-state index in [2.05, 4.69) is 78.4 Å². The van der Waals surface area contributed by atoms with E-state index in [1.165, 1.54) is 32.5 Å². The largest absolute Gasteiger partial charge is 0.342 e. The summed E-state index contributed by atoms with van der Waals surface area (Å²) in [6.07, 6.45) is 2.28. The van der Waals surface area contributed by atoms with Crippen LogP contribution >= 0.6 is 23.4 Å². The molecule has 1 nitrogen and oxygen atoms in total. The zero-order valence-corrected chi connectivity index (χ0v) is 16.2. The molecule has 4 rings (SSSR count). The Bertz CT molecular complexity index is 1030. The molecule has 0 saturated heterocycles. The minimum absolute atomic E-state index is 0.778. The van der Waals surface area contributed by atoms with Gasteiger partial charge >= 0.3 is 0 Å². The van der Waals surface area contributed by atoms with Crippen LogP contribution in [0.15, 0.2) is 83.9 Å². The van der Waals surface area contributed by atoms with E-state index in [0.717, 1.165) is 17.3 Å². The van der Waals surface area contributed by atoms with Crippen molar-refractivity contribution in [1.29, 1.82) is 0 Å². The van der Waals surface area contributed by atoms with Gasteiger partial charge in [0.25, 0.3) is 0 Å². The average Bonchev–Trinajstić information content (AvgIpc) is 3.00. The molecule has 0 amide bonds. The third kappa shape index (κ3) is 3.82. The summed E-state index contributed by atoms with van der Waals surface area (Å²) in [6, 6.07) is 25.5. The van der Waals surface area contributed by atoms with Gasteiger partial charge in [-0.05, 0) is 36.2 Å². The highest BCUT2D eigenvalue weighted by molar-refractivity contribution is 7.98. The van der Waals surface area contributed by atoms with Gasteiger partial charge in [-0.2, -0.15) is 0 Å². The Morgan fingerprint density at radius 2 is 1.69 bits per heavy atom. The quantitative estimate of drug-likeness (QED) is 0.341. The summed E-state index contributed by atoms with van der Waals surface area (Å²) in [5, 5.41) is 2.10. The van der Waals surface area contributed by atoms with Gasteiger partial charge in [0.2, 0.25) is 0 Å². The summed E-state index contributed by atoms with van der Waals surface area (Å²) in [5.74, 6) is 0.983. The van der Waals surface area contributed by atoms with Crippen molar-refractivity contribution in [2.75, 3.05) is 0 Å². The van der Waals surface area contributed by atoms with Gasteiger partial charge in [0.05, 0.1) is 0 Å². The number of rotatable bonds is 5. The lowest BCUT2D eigenvalue weighted by Gasteiger charge is -2.05. The molecule has 0 atom stereocenters. The van der Waals surface area contributed by atoms with Crippen LogP contribution in [0.2, 0.25) is 5.02 Å². The maximum absolute atomic E-state index is 6.01. The number of para-hydroxylation sites is 1. The first-order chi connectivity index (χ1) is 12.7. The smallest absolute Gasteiger partial charge is 0.0495 e. The van der Waals surface area contributed by atoms with E-state index in [0.29, 0.717) is 0 Å². The normalized spacial score (nSPS) is 11.2. The summed E-state index contributed by atoms with van der Waals surface area (Å²) in [4.78, 5) is 1.33. The summed E-state index contributed by atoms with van der Waals surface area (Å²) < 4.78 is 2.33. The molecule has 1 aromatic heterocycles. The van der Waals surface area contributed by atoms with Crippen LogP contribution in [0.1, 0.15) is 16.7 Å². The van der Waals surface area contributed by atoms with Gasteiger partial charge in [0.1, 0.15) is 0 Å². The Kier molecular flexibility index (Phi) is 5.05. The van der Waals surface area contributed by atoms with Crippen LogP contribution < -0.4 is 0 Å². The number of fused-ring (bicyclic) bond motifs is 1. The van der Waals surface area contributed by atoms with Crippen LogP contribution in [0.4, 0.5) is 0 Å². The number of aryl methyl sites for hydroxylation is 1. The number of thioether (sulfide) groups is 1. The van der Waals surface area contributed by atoms with Crippen molar-refractivity contribution < 1.29 is 0 Å². The molecule has 1 heterocycles. The number of halogens is 1. The lowest BCUT2D eigenvalue weighted by molar-refractivity contribution is 0.830. The van der Waals surface area contributed by atoms with Gasteiger partial charge in [-0.15, -0.1) is 11.8 Å². The van der Waals surface area contributed by atoms with Gasteiger partial charge in [-0.25, -0.2) is 0 Å². The van der Waals surface area contributed by atoms with Gasteiger partial charge in [-0.3, -0.25) is 0 Å². The molecule has 0 N–H and O–H groups in total.